The number of anilines is 2. The Kier molecular flexibility index (Phi) is 6.05. The summed E-state index contributed by atoms with van der Waals surface area (Å²) in [5, 5.41) is 12.7. The Bertz CT molecular complexity index is 1430. The van der Waals surface area contributed by atoms with Crippen LogP contribution in [0.5, 0.6) is 0 Å². The highest BCUT2D eigenvalue weighted by atomic mass is 19.2. The van der Waals surface area contributed by atoms with Gasteiger partial charge in [0, 0.05) is 79.8 Å². The Morgan fingerprint density at radius 3 is 2.56 bits per heavy atom. The van der Waals surface area contributed by atoms with Gasteiger partial charge in [0.15, 0.2) is 17.5 Å². The second-order valence-corrected chi connectivity index (χ2v) is 9.13. The summed E-state index contributed by atoms with van der Waals surface area (Å²) in [7, 11) is 0. The first-order chi connectivity index (χ1) is 17.2. The number of benzene rings is 2. The van der Waals surface area contributed by atoms with Gasteiger partial charge in [0.25, 0.3) is 0 Å². The van der Waals surface area contributed by atoms with E-state index in [1.54, 1.807) is 17.0 Å². The Labute approximate surface area is 204 Å². The second-order valence-electron chi connectivity index (χ2n) is 9.13. The molecule has 5 rings (SSSR count). The number of aromatic amines is 1. The lowest BCUT2D eigenvalue weighted by atomic mass is 10.0. The Morgan fingerprint density at radius 2 is 1.83 bits per heavy atom. The fourth-order valence-electron chi connectivity index (χ4n) is 5.18. The van der Waals surface area contributed by atoms with Crippen molar-refractivity contribution in [3.8, 4) is 6.07 Å². The lowest BCUT2D eigenvalue weighted by Gasteiger charge is -2.51. The minimum Gasteiger partial charge on any atom is -0.368 e. The van der Waals surface area contributed by atoms with Crippen LogP contribution in [0.15, 0.2) is 41.2 Å². The molecule has 2 atom stereocenters. The molecular formula is C25H23F3N6O2. The van der Waals surface area contributed by atoms with E-state index in [0.29, 0.717) is 37.3 Å². The van der Waals surface area contributed by atoms with Gasteiger partial charge in [0.05, 0.1) is 11.1 Å². The van der Waals surface area contributed by atoms with E-state index in [2.05, 4.69) is 33.1 Å². The van der Waals surface area contributed by atoms with Gasteiger partial charge in [0.2, 0.25) is 5.56 Å². The maximum atomic E-state index is 13.6. The molecule has 2 saturated heterocycles. The van der Waals surface area contributed by atoms with Gasteiger partial charge in [-0.15, -0.1) is 0 Å². The average molecular weight is 496 g/mol. The van der Waals surface area contributed by atoms with Gasteiger partial charge in [-0.2, -0.15) is 5.26 Å². The molecule has 2 fully saturated rings. The number of carbonyl (C=O) groups excluding carboxylic acids is 1. The van der Waals surface area contributed by atoms with Crippen LogP contribution < -0.4 is 15.8 Å². The number of fused-ring (bicyclic) bond motifs is 2. The summed E-state index contributed by atoms with van der Waals surface area (Å²) in [4.78, 5) is 33.6. The molecule has 0 bridgehead atoms. The molecule has 2 aliphatic rings. The average Bonchev–Trinajstić information content (AvgIpc) is 2.86. The van der Waals surface area contributed by atoms with Gasteiger partial charge in [0.1, 0.15) is 6.07 Å². The van der Waals surface area contributed by atoms with Crippen molar-refractivity contribution in [1.29, 1.82) is 5.26 Å². The molecule has 0 aliphatic carbocycles. The van der Waals surface area contributed by atoms with Crippen LogP contribution in [0.1, 0.15) is 12.5 Å². The third-order valence-corrected chi connectivity index (χ3v) is 6.87. The van der Waals surface area contributed by atoms with Crippen LogP contribution in [0, 0.1) is 28.8 Å². The van der Waals surface area contributed by atoms with E-state index in [9.17, 15) is 28.0 Å². The summed E-state index contributed by atoms with van der Waals surface area (Å²) >= 11 is 0. The van der Waals surface area contributed by atoms with Crippen molar-refractivity contribution in [3.63, 3.8) is 0 Å². The predicted octanol–water partition coefficient (Wildman–Crippen LogP) is 3.24. The molecule has 186 valence electrons. The number of nitriles is 1. The minimum absolute atomic E-state index is 0.0246. The number of pyridine rings is 1. The van der Waals surface area contributed by atoms with Crippen molar-refractivity contribution in [1.82, 2.24) is 14.8 Å². The molecule has 2 amide bonds. The number of carbonyl (C=O) groups is 1. The second kappa shape index (κ2) is 9.20. The zero-order valence-electron chi connectivity index (χ0n) is 19.4. The third kappa shape index (κ3) is 4.24. The van der Waals surface area contributed by atoms with E-state index in [-0.39, 0.29) is 23.3 Å². The first-order valence-corrected chi connectivity index (χ1v) is 11.5. The summed E-state index contributed by atoms with van der Waals surface area (Å²) in [5.41, 5.74) is 1.30. The van der Waals surface area contributed by atoms with Crippen LogP contribution in [-0.2, 0) is 0 Å². The fourth-order valence-corrected chi connectivity index (χ4v) is 5.18. The van der Waals surface area contributed by atoms with Crippen LogP contribution >= 0.6 is 0 Å². The topological polar surface area (TPSA) is 95.5 Å². The maximum Gasteiger partial charge on any atom is 0.321 e. The number of aromatic nitrogens is 1. The molecule has 1 aromatic heterocycles. The molecule has 0 saturated carbocycles. The predicted molar refractivity (Wildman–Crippen MR) is 128 cm³/mol. The van der Waals surface area contributed by atoms with Crippen molar-refractivity contribution in [2.24, 2.45) is 0 Å². The van der Waals surface area contributed by atoms with Gasteiger partial charge in [-0.05, 0) is 25.1 Å². The highest BCUT2D eigenvalue weighted by Crippen LogP contribution is 2.31. The Balaban J connectivity index is 1.36. The van der Waals surface area contributed by atoms with Crippen LogP contribution in [0.4, 0.5) is 29.3 Å². The number of nitrogens with zero attached hydrogens (tertiary/aromatic N) is 4. The van der Waals surface area contributed by atoms with Crippen molar-refractivity contribution >= 4 is 28.3 Å². The lowest BCUT2D eigenvalue weighted by Crippen LogP contribution is -2.66. The highest BCUT2D eigenvalue weighted by Gasteiger charge is 2.38. The van der Waals surface area contributed by atoms with Gasteiger partial charge < -0.3 is 20.1 Å². The van der Waals surface area contributed by atoms with Crippen LogP contribution in [-0.4, -0.2) is 65.6 Å². The molecule has 2 aromatic carbocycles. The quantitative estimate of drug-likeness (QED) is 0.532. The monoisotopic (exact) mass is 496 g/mol. The van der Waals surface area contributed by atoms with Crippen LogP contribution in [0.2, 0.25) is 0 Å². The molecule has 11 heteroatoms. The normalized spacial score (nSPS) is 20.2. The van der Waals surface area contributed by atoms with Gasteiger partial charge in [-0.25, -0.2) is 18.0 Å². The number of urea groups is 1. The van der Waals surface area contributed by atoms with Gasteiger partial charge in [-0.3, -0.25) is 9.69 Å². The molecule has 36 heavy (non-hydrogen) atoms. The first kappa shape index (κ1) is 23.7. The Hall–Kier alpha value is -4.04. The van der Waals surface area contributed by atoms with E-state index in [0.717, 1.165) is 29.8 Å². The molecule has 3 heterocycles. The number of rotatable bonds is 2. The summed E-state index contributed by atoms with van der Waals surface area (Å²) < 4.78 is 40.3. The number of hydrogen-bond donors (Lipinski definition) is 2. The summed E-state index contributed by atoms with van der Waals surface area (Å²) in [5.74, 6) is -4.33. The standard InChI is InChI=1S/C25H23F3N6O2/c1-14-11-33(21-4-2-15(10-29)24-18(21)3-5-22(35)31-24)13-17-12-32(6-7-34(14)17)25(36)30-16-8-19(26)23(28)20(27)9-16/h2-5,8-9,14,17H,6-7,11-13H2,1H3,(H,30,36)(H,31,35). The summed E-state index contributed by atoms with van der Waals surface area (Å²) in [6.45, 7) is 4.85. The first-order valence-electron chi connectivity index (χ1n) is 11.5. The van der Waals surface area contributed by atoms with E-state index in [4.69, 9.17) is 0 Å². The number of halogens is 3. The molecule has 2 aliphatic heterocycles. The third-order valence-electron chi connectivity index (χ3n) is 6.87. The van der Waals surface area contributed by atoms with Crippen molar-refractivity contribution < 1.29 is 18.0 Å². The van der Waals surface area contributed by atoms with Crippen LogP contribution in [0.25, 0.3) is 10.9 Å². The van der Waals surface area contributed by atoms with E-state index >= 15 is 0 Å². The highest BCUT2D eigenvalue weighted by molar-refractivity contribution is 5.95. The van der Waals surface area contributed by atoms with Crippen molar-refractivity contribution in [3.05, 3.63) is 69.8 Å². The fraction of sp³-hybridized carbons (Fsp3) is 0.320. The summed E-state index contributed by atoms with van der Waals surface area (Å²) in [6.07, 6.45) is 0. The molecular weight excluding hydrogens is 473 g/mol. The SMILES string of the molecule is CC1CN(c2ccc(C#N)c3[nH]c(=O)ccc23)CC2CN(C(=O)Nc3cc(F)c(F)c(F)c3)CCN12. The van der Waals surface area contributed by atoms with Gasteiger partial charge in [-0.1, -0.05) is 0 Å². The number of amides is 2. The number of piperazine rings is 2. The largest absolute Gasteiger partial charge is 0.368 e. The molecule has 3 aromatic rings. The van der Waals surface area contributed by atoms with E-state index in [1.807, 2.05) is 6.07 Å². The van der Waals surface area contributed by atoms with Crippen molar-refractivity contribution in [2.45, 2.75) is 19.0 Å². The number of hydrogen-bond acceptors (Lipinski definition) is 5. The molecule has 0 radical (unpaired) electrons. The molecule has 2 N–H and O–H groups in total. The number of nitrogens with one attached hydrogen (secondary N) is 2. The summed E-state index contributed by atoms with van der Waals surface area (Å²) in [6, 6.07) is 9.93. The smallest absolute Gasteiger partial charge is 0.321 e. The molecule has 0 spiro atoms. The Morgan fingerprint density at radius 1 is 1.08 bits per heavy atom. The number of H-pyrrole nitrogens is 1. The zero-order chi connectivity index (χ0) is 25.6. The van der Waals surface area contributed by atoms with Gasteiger partial charge >= 0.3 is 6.03 Å². The van der Waals surface area contributed by atoms with Crippen LogP contribution in [0.3, 0.4) is 0 Å². The minimum atomic E-state index is -1.59. The van der Waals surface area contributed by atoms with E-state index < -0.39 is 23.5 Å². The maximum absolute atomic E-state index is 13.6. The van der Waals surface area contributed by atoms with Crippen molar-refractivity contribution in [2.75, 3.05) is 42.9 Å². The zero-order valence-corrected chi connectivity index (χ0v) is 19.4. The molecule has 8 nitrogen and oxygen atoms in total. The molecule has 2 unspecified atom stereocenters. The lowest BCUT2D eigenvalue weighted by molar-refractivity contribution is 0.0520. The van der Waals surface area contributed by atoms with E-state index in [1.165, 1.54) is 6.07 Å².